The molecule has 10 heteroatoms. The van der Waals surface area contributed by atoms with Gasteiger partial charge in [0.2, 0.25) is 5.82 Å². The second-order valence-electron chi connectivity index (χ2n) is 6.42. The molecule has 4 aromatic rings. The lowest BCUT2D eigenvalue weighted by atomic mass is 10.1. The molecule has 4 rings (SSSR count). The Morgan fingerprint density at radius 1 is 0.968 bits per heavy atom. The molecule has 0 radical (unpaired) electrons. The molecule has 3 aromatic carbocycles. The molecule has 0 saturated carbocycles. The Morgan fingerprint density at radius 3 is 2.48 bits per heavy atom. The van der Waals surface area contributed by atoms with Gasteiger partial charge in [0.05, 0.1) is 10.5 Å². The van der Waals surface area contributed by atoms with E-state index in [1.807, 2.05) is 18.2 Å². The van der Waals surface area contributed by atoms with Crippen molar-refractivity contribution in [2.75, 3.05) is 5.32 Å². The molecule has 0 amide bonds. The molecular formula is C21H13F3N4O3. The Morgan fingerprint density at radius 2 is 1.71 bits per heavy atom. The molecule has 0 saturated heterocycles. The molecule has 1 heterocycles. The fraction of sp³-hybridized carbons (Fsp3) is 0.0476. The number of nitrogens with one attached hydrogen (secondary N) is 1. The van der Waals surface area contributed by atoms with Crippen LogP contribution in [0.1, 0.15) is 5.56 Å². The van der Waals surface area contributed by atoms with Crippen molar-refractivity contribution in [2.24, 2.45) is 0 Å². The van der Waals surface area contributed by atoms with E-state index in [2.05, 4.69) is 15.3 Å². The fourth-order valence-electron chi connectivity index (χ4n) is 2.99. The molecule has 0 aliphatic carbocycles. The van der Waals surface area contributed by atoms with Crippen molar-refractivity contribution in [1.29, 1.82) is 0 Å². The molecule has 1 aromatic heterocycles. The van der Waals surface area contributed by atoms with Gasteiger partial charge in [0, 0.05) is 11.1 Å². The van der Waals surface area contributed by atoms with E-state index in [-0.39, 0.29) is 17.4 Å². The molecular weight excluding hydrogens is 413 g/mol. The second kappa shape index (κ2) is 7.90. The Balaban J connectivity index is 1.73. The first kappa shape index (κ1) is 20.1. The van der Waals surface area contributed by atoms with Crippen molar-refractivity contribution in [3.63, 3.8) is 0 Å². The van der Waals surface area contributed by atoms with Crippen LogP contribution >= 0.6 is 0 Å². The maximum Gasteiger partial charge on any atom is 0.416 e. The van der Waals surface area contributed by atoms with Crippen LogP contribution in [0.2, 0.25) is 0 Å². The zero-order valence-electron chi connectivity index (χ0n) is 15.6. The number of aromatic nitrogens is 2. The maximum atomic E-state index is 13.0. The topological polar surface area (TPSA) is 90.2 Å². The summed E-state index contributed by atoms with van der Waals surface area (Å²) in [7, 11) is 0. The molecule has 0 aliphatic rings. The van der Waals surface area contributed by atoms with Crippen molar-refractivity contribution in [3.8, 4) is 11.6 Å². The monoisotopic (exact) mass is 426 g/mol. The Bertz CT molecular complexity index is 1270. The van der Waals surface area contributed by atoms with Crippen LogP contribution in [-0.4, -0.2) is 14.9 Å². The molecule has 1 N–H and O–H groups in total. The van der Waals surface area contributed by atoms with Crippen molar-refractivity contribution < 1.29 is 22.8 Å². The standard InChI is InChI=1S/C21H13F3N4O3/c22-21(23,24)14-7-4-8-15(11-14)27-19-18(28(29)30)20(26-12-25-19)31-17-10-3-6-13-5-1-2-9-16(13)17/h1-12H,(H,25,26,27). The van der Waals surface area contributed by atoms with Crippen LogP contribution in [0.5, 0.6) is 11.6 Å². The SMILES string of the molecule is O=[N+]([O-])c1c(Nc2cccc(C(F)(F)F)c2)ncnc1Oc1cccc2ccccc12. The normalized spacial score (nSPS) is 11.3. The third kappa shape index (κ3) is 4.22. The zero-order valence-corrected chi connectivity index (χ0v) is 15.6. The van der Waals surface area contributed by atoms with Gasteiger partial charge in [-0.2, -0.15) is 18.2 Å². The third-order valence-corrected chi connectivity index (χ3v) is 4.38. The number of anilines is 2. The average molecular weight is 426 g/mol. The molecule has 0 atom stereocenters. The van der Waals surface area contributed by atoms with Crippen LogP contribution in [0, 0.1) is 10.1 Å². The van der Waals surface area contributed by atoms with Crippen molar-refractivity contribution in [2.45, 2.75) is 6.18 Å². The van der Waals surface area contributed by atoms with E-state index in [1.54, 1.807) is 24.3 Å². The van der Waals surface area contributed by atoms with Crippen molar-refractivity contribution in [1.82, 2.24) is 9.97 Å². The number of fused-ring (bicyclic) bond motifs is 1. The van der Waals surface area contributed by atoms with Crippen LogP contribution in [0.3, 0.4) is 0 Å². The van der Waals surface area contributed by atoms with E-state index in [0.717, 1.165) is 23.8 Å². The van der Waals surface area contributed by atoms with Crippen LogP contribution in [0.4, 0.5) is 30.4 Å². The summed E-state index contributed by atoms with van der Waals surface area (Å²) in [6.07, 6.45) is -3.53. The number of halogens is 3. The van der Waals surface area contributed by atoms with Crippen LogP contribution in [0.15, 0.2) is 73.1 Å². The molecule has 0 bridgehead atoms. The first-order chi connectivity index (χ1) is 14.8. The van der Waals surface area contributed by atoms with Gasteiger partial charge in [0.15, 0.2) is 0 Å². The predicted octanol–water partition coefficient (Wildman–Crippen LogP) is 6.09. The summed E-state index contributed by atoms with van der Waals surface area (Å²) in [5, 5.41) is 15.9. The highest BCUT2D eigenvalue weighted by molar-refractivity contribution is 5.88. The Labute approximate surface area is 173 Å². The number of hydrogen-bond acceptors (Lipinski definition) is 6. The highest BCUT2D eigenvalue weighted by atomic mass is 19.4. The van der Waals surface area contributed by atoms with Gasteiger partial charge in [-0.25, -0.2) is 4.98 Å². The minimum absolute atomic E-state index is 0.0206. The molecule has 0 fully saturated rings. The van der Waals surface area contributed by atoms with E-state index in [4.69, 9.17) is 4.74 Å². The molecule has 7 nitrogen and oxygen atoms in total. The van der Waals surface area contributed by atoms with Gasteiger partial charge in [-0.05, 0) is 29.7 Å². The number of alkyl halides is 3. The van der Waals surface area contributed by atoms with E-state index in [9.17, 15) is 23.3 Å². The summed E-state index contributed by atoms with van der Waals surface area (Å²) in [6, 6.07) is 16.8. The maximum absolute atomic E-state index is 13.0. The number of rotatable bonds is 5. The van der Waals surface area contributed by atoms with E-state index in [0.29, 0.717) is 11.1 Å². The molecule has 0 unspecified atom stereocenters. The van der Waals surface area contributed by atoms with Gasteiger partial charge in [-0.3, -0.25) is 10.1 Å². The van der Waals surface area contributed by atoms with Gasteiger partial charge in [-0.15, -0.1) is 0 Å². The smallest absolute Gasteiger partial charge is 0.416 e. The number of nitrogens with zero attached hydrogens (tertiary/aromatic N) is 3. The number of nitro groups is 1. The zero-order chi connectivity index (χ0) is 22.0. The second-order valence-corrected chi connectivity index (χ2v) is 6.42. The largest absolute Gasteiger partial charge is 0.433 e. The summed E-state index contributed by atoms with van der Waals surface area (Å²) in [4.78, 5) is 18.7. The highest BCUT2D eigenvalue weighted by Crippen LogP contribution is 2.38. The van der Waals surface area contributed by atoms with E-state index >= 15 is 0 Å². The lowest BCUT2D eigenvalue weighted by molar-refractivity contribution is -0.385. The summed E-state index contributed by atoms with van der Waals surface area (Å²) < 4.78 is 44.6. The van der Waals surface area contributed by atoms with E-state index in [1.165, 1.54) is 12.1 Å². The lowest BCUT2D eigenvalue weighted by Gasteiger charge is -2.12. The minimum atomic E-state index is -4.56. The van der Waals surface area contributed by atoms with Crippen molar-refractivity contribution >= 4 is 28.0 Å². The van der Waals surface area contributed by atoms with Crippen LogP contribution in [-0.2, 0) is 6.18 Å². The van der Waals surface area contributed by atoms with E-state index < -0.39 is 22.4 Å². The van der Waals surface area contributed by atoms with Gasteiger partial charge in [0.1, 0.15) is 12.1 Å². The average Bonchev–Trinajstić information content (AvgIpc) is 2.73. The highest BCUT2D eigenvalue weighted by Gasteiger charge is 2.31. The van der Waals surface area contributed by atoms with Gasteiger partial charge in [-0.1, -0.05) is 42.5 Å². The number of ether oxygens (including phenoxy) is 1. The number of hydrogen-bond donors (Lipinski definition) is 1. The Kier molecular flexibility index (Phi) is 5.12. The first-order valence-electron chi connectivity index (χ1n) is 8.92. The fourth-order valence-corrected chi connectivity index (χ4v) is 2.99. The Hall–Kier alpha value is -4.21. The van der Waals surface area contributed by atoms with Gasteiger partial charge in [0.25, 0.3) is 0 Å². The summed E-state index contributed by atoms with van der Waals surface area (Å²) >= 11 is 0. The summed E-state index contributed by atoms with van der Waals surface area (Å²) in [5.74, 6) is -0.301. The molecule has 0 aliphatic heterocycles. The van der Waals surface area contributed by atoms with Gasteiger partial charge >= 0.3 is 17.7 Å². The first-order valence-corrected chi connectivity index (χ1v) is 8.92. The summed E-state index contributed by atoms with van der Waals surface area (Å²) in [5.41, 5.74) is -1.53. The lowest BCUT2D eigenvalue weighted by Crippen LogP contribution is -2.06. The predicted molar refractivity (Wildman–Crippen MR) is 107 cm³/mol. The summed E-state index contributed by atoms with van der Waals surface area (Å²) in [6.45, 7) is 0. The molecule has 156 valence electrons. The molecule has 0 spiro atoms. The number of benzene rings is 3. The molecule has 31 heavy (non-hydrogen) atoms. The minimum Gasteiger partial charge on any atom is -0.433 e. The quantitative estimate of drug-likeness (QED) is 0.307. The third-order valence-electron chi connectivity index (χ3n) is 4.38. The van der Waals surface area contributed by atoms with Gasteiger partial charge < -0.3 is 10.1 Å². The van der Waals surface area contributed by atoms with Crippen molar-refractivity contribution in [3.05, 3.63) is 88.7 Å². The van der Waals surface area contributed by atoms with Crippen LogP contribution < -0.4 is 10.1 Å². The van der Waals surface area contributed by atoms with Crippen LogP contribution in [0.25, 0.3) is 10.8 Å².